The van der Waals surface area contributed by atoms with E-state index in [-0.39, 0.29) is 11.9 Å². The first-order chi connectivity index (χ1) is 15.5. The third-order valence-corrected chi connectivity index (χ3v) is 6.65. The van der Waals surface area contributed by atoms with E-state index in [0.29, 0.717) is 12.0 Å². The molecule has 2 fully saturated rings. The predicted octanol–water partition coefficient (Wildman–Crippen LogP) is 2.66. The summed E-state index contributed by atoms with van der Waals surface area (Å²) >= 11 is 0. The number of β-amino-alcohol motifs (C(OH)–C–C–N with tert-alkyl or cyclic N) is 1. The maximum Gasteiger partial charge on any atom is 0.136 e. The highest BCUT2D eigenvalue weighted by Crippen LogP contribution is 2.27. The Hall–Kier alpha value is -2.09. The highest BCUT2D eigenvalue weighted by atomic mass is 19.1. The summed E-state index contributed by atoms with van der Waals surface area (Å²) in [6, 6.07) is 6.97. The van der Waals surface area contributed by atoms with E-state index < -0.39 is 0 Å². The standard InChI is InChI=1S/C25H36FN5O/c1-3-24-22(16-20-8-4-5-9-23(20)26)25(28-19(2)27-24)31-14-12-30(13-15-31)18-21(32)17-29-10-6-7-11-29/h4-5,8-9,21,32H,3,6-7,10-18H2,1-2H3. The SMILES string of the molecule is CCc1nc(C)nc(N2CCN(CC(O)CN3CCCC3)CC2)c1Cc1ccccc1F. The van der Waals surface area contributed by atoms with Crippen molar-refractivity contribution in [3.8, 4) is 0 Å². The second kappa shape index (κ2) is 10.7. The van der Waals surface area contributed by atoms with Gasteiger partial charge in [-0.15, -0.1) is 0 Å². The van der Waals surface area contributed by atoms with Gasteiger partial charge in [0.15, 0.2) is 0 Å². The van der Waals surface area contributed by atoms with E-state index in [1.165, 1.54) is 18.9 Å². The van der Waals surface area contributed by atoms with E-state index in [2.05, 4.69) is 26.6 Å². The van der Waals surface area contributed by atoms with Gasteiger partial charge in [0.2, 0.25) is 0 Å². The second-order valence-electron chi connectivity index (χ2n) is 9.09. The summed E-state index contributed by atoms with van der Waals surface area (Å²) in [6.07, 6.45) is 3.49. The van der Waals surface area contributed by atoms with Crippen molar-refractivity contribution in [2.45, 2.75) is 45.6 Å². The number of nitrogens with zero attached hydrogens (tertiary/aromatic N) is 5. The number of rotatable bonds is 8. The van der Waals surface area contributed by atoms with Gasteiger partial charge in [0.25, 0.3) is 0 Å². The first-order valence-electron chi connectivity index (χ1n) is 12.0. The molecule has 0 spiro atoms. The molecule has 174 valence electrons. The number of anilines is 1. The van der Waals surface area contributed by atoms with Gasteiger partial charge in [0.05, 0.1) is 6.10 Å². The molecule has 1 aromatic heterocycles. The molecular formula is C25H36FN5O. The molecule has 1 aromatic carbocycles. The molecule has 1 unspecified atom stereocenters. The smallest absolute Gasteiger partial charge is 0.136 e. The first kappa shape index (κ1) is 23.1. The van der Waals surface area contributed by atoms with E-state index in [4.69, 9.17) is 4.98 Å². The number of halogens is 1. The molecular weight excluding hydrogens is 405 g/mol. The molecule has 6 nitrogen and oxygen atoms in total. The summed E-state index contributed by atoms with van der Waals surface area (Å²) in [6.45, 7) is 11.2. The van der Waals surface area contributed by atoms with Crippen molar-refractivity contribution in [1.82, 2.24) is 19.8 Å². The van der Waals surface area contributed by atoms with Gasteiger partial charge >= 0.3 is 0 Å². The number of piperazine rings is 1. The minimum Gasteiger partial charge on any atom is -0.390 e. The van der Waals surface area contributed by atoms with E-state index in [1.54, 1.807) is 6.07 Å². The van der Waals surface area contributed by atoms with Gasteiger partial charge in [0, 0.05) is 56.9 Å². The quantitative estimate of drug-likeness (QED) is 0.680. The summed E-state index contributed by atoms with van der Waals surface area (Å²) in [5.41, 5.74) is 2.71. The lowest BCUT2D eigenvalue weighted by molar-refractivity contribution is 0.0790. The lowest BCUT2D eigenvalue weighted by Crippen LogP contribution is -2.50. The molecule has 0 aliphatic carbocycles. The summed E-state index contributed by atoms with van der Waals surface area (Å²) in [4.78, 5) is 16.5. The van der Waals surface area contributed by atoms with Crippen LogP contribution in [0, 0.1) is 12.7 Å². The van der Waals surface area contributed by atoms with Crippen molar-refractivity contribution in [2.75, 3.05) is 57.3 Å². The molecule has 0 radical (unpaired) electrons. The zero-order chi connectivity index (χ0) is 22.5. The zero-order valence-electron chi connectivity index (χ0n) is 19.4. The van der Waals surface area contributed by atoms with Crippen molar-refractivity contribution in [3.63, 3.8) is 0 Å². The average molecular weight is 442 g/mol. The Morgan fingerprint density at radius 1 is 0.969 bits per heavy atom. The monoisotopic (exact) mass is 441 g/mol. The summed E-state index contributed by atoms with van der Waals surface area (Å²) < 4.78 is 14.4. The summed E-state index contributed by atoms with van der Waals surface area (Å²) in [5, 5.41) is 10.5. The van der Waals surface area contributed by atoms with Crippen LogP contribution >= 0.6 is 0 Å². The van der Waals surface area contributed by atoms with E-state index in [1.807, 2.05) is 19.1 Å². The predicted molar refractivity (Wildman–Crippen MR) is 126 cm³/mol. The summed E-state index contributed by atoms with van der Waals surface area (Å²) in [7, 11) is 0. The van der Waals surface area contributed by atoms with Gasteiger partial charge in [-0.2, -0.15) is 0 Å². The molecule has 3 heterocycles. The molecule has 0 amide bonds. The number of aromatic nitrogens is 2. The zero-order valence-corrected chi connectivity index (χ0v) is 19.4. The maximum absolute atomic E-state index is 14.4. The van der Waals surface area contributed by atoms with Gasteiger partial charge < -0.3 is 14.9 Å². The van der Waals surface area contributed by atoms with Crippen LogP contribution < -0.4 is 4.90 Å². The fourth-order valence-corrected chi connectivity index (χ4v) is 4.97. The first-order valence-corrected chi connectivity index (χ1v) is 12.0. The number of benzene rings is 1. The van der Waals surface area contributed by atoms with E-state index in [0.717, 1.165) is 81.7 Å². The molecule has 2 aliphatic heterocycles. The second-order valence-corrected chi connectivity index (χ2v) is 9.09. The highest BCUT2D eigenvalue weighted by Gasteiger charge is 2.25. The van der Waals surface area contributed by atoms with Crippen molar-refractivity contribution >= 4 is 5.82 Å². The molecule has 2 aliphatic rings. The topological polar surface area (TPSA) is 55.7 Å². The Kier molecular flexibility index (Phi) is 7.71. The third kappa shape index (κ3) is 5.63. The Morgan fingerprint density at radius 2 is 1.62 bits per heavy atom. The normalized spacial score (nSPS) is 18.9. The number of likely N-dealkylation sites (tertiary alicyclic amines) is 1. The van der Waals surface area contributed by atoms with Gasteiger partial charge in [-0.25, -0.2) is 14.4 Å². The fraction of sp³-hybridized carbons (Fsp3) is 0.600. The van der Waals surface area contributed by atoms with Crippen molar-refractivity contribution < 1.29 is 9.50 Å². The van der Waals surface area contributed by atoms with Gasteiger partial charge in [-0.1, -0.05) is 25.1 Å². The largest absolute Gasteiger partial charge is 0.390 e. The molecule has 0 bridgehead atoms. The number of hydrogen-bond donors (Lipinski definition) is 1. The molecule has 1 atom stereocenters. The Balaban J connectivity index is 1.44. The number of hydrogen-bond acceptors (Lipinski definition) is 6. The number of aryl methyl sites for hydroxylation is 2. The van der Waals surface area contributed by atoms with E-state index >= 15 is 0 Å². The van der Waals surface area contributed by atoms with Crippen LogP contribution in [0.15, 0.2) is 24.3 Å². The van der Waals surface area contributed by atoms with E-state index in [9.17, 15) is 9.50 Å². The Labute approximate surface area is 191 Å². The maximum atomic E-state index is 14.4. The van der Waals surface area contributed by atoms with Crippen LogP contribution in [-0.2, 0) is 12.8 Å². The average Bonchev–Trinajstić information content (AvgIpc) is 3.29. The van der Waals surface area contributed by atoms with Gasteiger partial charge in [-0.3, -0.25) is 4.90 Å². The van der Waals surface area contributed by atoms with Crippen LogP contribution in [0.1, 0.15) is 42.4 Å². The third-order valence-electron chi connectivity index (χ3n) is 6.65. The fourth-order valence-electron chi connectivity index (χ4n) is 4.97. The van der Waals surface area contributed by atoms with Crippen LogP contribution in [0.5, 0.6) is 0 Å². The van der Waals surface area contributed by atoms with Crippen molar-refractivity contribution in [2.24, 2.45) is 0 Å². The molecule has 0 saturated carbocycles. The number of aliphatic hydroxyl groups excluding tert-OH is 1. The van der Waals surface area contributed by atoms with Crippen LogP contribution in [0.25, 0.3) is 0 Å². The van der Waals surface area contributed by atoms with Crippen LogP contribution in [0.3, 0.4) is 0 Å². The molecule has 1 N–H and O–H groups in total. The highest BCUT2D eigenvalue weighted by molar-refractivity contribution is 5.52. The Morgan fingerprint density at radius 3 is 2.28 bits per heavy atom. The van der Waals surface area contributed by atoms with Crippen molar-refractivity contribution in [3.05, 3.63) is 52.7 Å². The molecule has 4 rings (SSSR count). The van der Waals surface area contributed by atoms with Crippen LogP contribution in [0.4, 0.5) is 10.2 Å². The number of aliphatic hydroxyl groups is 1. The Bertz CT molecular complexity index is 894. The van der Waals surface area contributed by atoms with Gasteiger partial charge in [-0.05, 0) is 50.9 Å². The summed E-state index contributed by atoms with van der Waals surface area (Å²) in [5.74, 6) is 1.52. The molecule has 32 heavy (non-hydrogen) atoms. The van der Waals surface area contributed by atoms with Gasteiger partial charge in [0.1, 0.15) is 17.5 Å². The van der Waals surface area contributed by atoms with Crippen LogP contribution in [0.2, 0.25) is 0 Å². The van der Waals surface area contributed by atoms with Crippen LogP contribution in [-0.4, -0.2) is 83.3 Å². The lowest BCUT2D eigenvalue weighted by Gasteiger charge is -2.37. The minimum absolute atomic E-state index is 0.183. The molecule has 2 saturated heterocycles. The minimum atomic E-state index is -0.302. The van der Waals surface area contributed by atoms with Crippen molar-refractivity contribution in [1.29, 1.82) is 0 Å². The molecule has 7 heteroatoms. The molecule has 2 aromatic rings. The lowest BCUT2D eigenvalue weighted by atomic mass is 10.0.